The number of benzene rings is 1. The minimum atomic E-state index is -0.433. The smallest absolute Gasteiger partial charge is 0.278 e. The summed E-state index contributed by atoms with van der Waals surface area (Å²) in [7, 11) is 1.42. The number of rotatable bonds is 4. The first-order valence-electron chi connectivity index (χ1n) is 7.87. The molecule has 1 aliphatic heterocycles. The van der Waals surface area contributed by atoms with Gasteiger partial charge in [0.2, 0.25) is 0 Å². The Bertz CT molecular complexity index is 746. The number of carbonyl (C=O) groups is 1. The third kappa shape index (κ3) is 4.08. The van der Waals surface area contributed by atoms with Crippen molar-refractivity contribution in [2.75, 3.05) is 25.5 Å². The number of carbonyl (C=O) groups excluding carboxylic acids is 1. The number of hydrogen-bond donors (Lipinski definition) is 2. The van der Waals surface area contributed by atoms with Crippen LogP contribution in [0.3, 0.4) is 0 Å². The topological polar surface area (TPSA) is 81.1 Å². The summed E-state index contributed by atoms with van der Waals surface area (Å²) < 4.78 is 20.2. The van der Waals surface area contributed by atoms with Gasteiger partial charge in [0.25, 0.3) is 5.91 Å². The maximum atomic E-state index is 13.2. The molecule has 3 rings (SSSR count). The number of nitrogens with one attached hydrogen (secondary N) is 2. The van der Waals surface area contributed by atoms with Crippen molar-refractivity contribution in [3.8, 4) is 5.75 Å². The van der Waals surface area contributed by atoms with Crippen molar-refractivity contribution in [2.45, 2.75) is 25.8 Å². The van der Waals surface area contributed by atoms with E-state index >= 15 is 0 Å². The molecule has 1 amide bonds. The van der Waals surface area contributed by atoms with Crippen molar-refractivity contribution in [1.29, 1.82) is 0 Å². The molecule has 0 spiro atoms. The van der Waals surface area contributed by atoms with E-state index in [4.69, 9.17) is 4.74 Å². The summed E-state index contributed by atoms with van der Waals surface area (Å²) in [4.78, 5) is 12.5. The number of hydrogen-bond acceptors (Lipinski definition) is 5. The minimum Gasteiger partial charge on any atom is -0.494 e. The Morgan fingerprint density at radius 1 is 1.40 bits per heavy atom. The highest BCUT2D eigenvalue weighted by molar-refractivity contribution is 6.04. The Balaban J connectivity index is 0.00000225. The van der Waals surface area contributed by atoms with Crippen LogP contribution in [-0.4, -0.2) is 41.1 Å². The van der Waals surface area contributed by atoms with Crippen LogP contribution in [0.2, 0.25) is 0 Å². The second-order valence-corrected chi connectivity index (χ2v) is 5.75. The number of methoxy groups -OCH3 is 1. The average molecular weight is 370 g/mol. The van der Waals surface area contributed by atoms with E-state index in [0.29, 0.717) is 5.69 Å². The third-order valence-corrected chi connectivity index (χ3v) is 4.21. The molecule has 25 heavy (non-hydrogen) atoms. The Labute approximate surface area is 151 Å². The predicted octanol–water partition coefficient (Wildman–Crippen LogP) is 2.33. The van der Waals surface area contributed by atoms with Crippen molar-refractivity contribution >= 4 is 24.0 Å². The van der Waals surface area contributed by atoms with Gasteiger partial charge in [-0.05, 0) is 45.0 Å². The van der Waals surface area contributed by atoms with Gasteiger partial charge in [-0.2, -0.15) is 0 Å². The zero-order valence-corrected chi connectivity index (χ0v) is 14.9. The highest BCUT2D eigenvalue weighted by atomic mass is 35.5. The van der Waals surface area contributed by atoms with Gasteiger partial charge in [-0.25, -0.2) is 9.07 Å². The van der Waals surface area contributed by atoms with Crippen LogP contribution < -0.4 is 15.4 Å². The predicted molar refractivity (Wildman–Crippen MR) is 94.1 cm³/mol. The van der Waals surface area contributed by atoms with Crippen LogP contribution in [0.25, 0.3) is 0 Å². The maximum absolute atomic E-state index is 13.2. The first kappa shape index (κ1) is 19.1. The molecule has 1 saturated heterocycles. The Morgan fingerprint density at radius 2 is 2.12 bits per heavy atom. The van der Waals surface area contributed by atoms with E-state index in [1.807, 2.05) is 11.6 Å². The van der Waals surface area contributed by atoms with Crippen LogP contribution in [0.15, 0.2) is 18.2 Å². The molecule has 2 heterocycles. The highest BCUT2D eigenvalue weighted by Gasteiger charge is 2.23. The number of anilines is 1. The van der Waals surface area contributed by atoms with Crippen LogP contribution >= 0.6 is 12.4 Å². The molecule has 1 fully saturated rings. The lowest BCUT2D eigenvalue weighted by molar-refractivity contribution is 0.102. The normalized spacial score (nSPS) is 14.7. The second kappa shape index (κ2) is 8.26. The Morgan fingerprint density at radius 3 is 2.80 bits per heavy atom. The molecule has 0 radical (unpaired) electrons. The molecule has 1 aromatic carbocycles. The fourth-order valence-electron chi connectivity index (χ4n) is 2.90. The number of ether oxygens (including phenoxy) is 1. The zero-order chi connectivity index (χ0) is 17.1. The summed E-state index contributed by atoms with van der Waals surface area (Å²) in [5, 5.41) is 14.2. The van der Waals surface area contributed by atoms with Gasteiger partial charge >= 0.3 is 0 Å². The fraction of sp³-hybridized carbons (Fsp3) is 0.438. The van der Waals surface area contributed by atoms with Crippen molar-refractivity contribution < 1.29 is 13.9 Å². The van der Waals surface area contributed by atoms with E-state index in [1.54, 1.807) is 0 Å². The quantitative estimate of drug-likeness (QED) is 0.864. The number of piperidine rings is 1. The van der Waals surface area contributed by atoms with Crippen LogP contribution in [0, 0.1) is 12.7 Å². The summed E-state index contributed by atoms with van der Waals surface area (Å²) in [5.41, 5.74) is 1.38. The van der Waals surface area contributed by atoms with Gasteiger partial charge in [0.15, 0.2) is 5.69 Å². The summed E-state index contributed by atoms with van der Waals surface area (Å²) >= 11 is 0. The Kier molecular flexibility index (Phi) is 6.33. The number of amides is 1. The average Bonchev–Trinajstić information content (AvgIpc) is 2.98. The molecule has 7 nitrogen and oxygen atoms in total. The van der Waals surface area contributed by atoms with Gasteiger partial charge in [-0.3, -0.25) is 4.79 Å². The van der Waals surface area contributed by atoms with E-state index in [1.165, 1.54) is 25.3 Å². The van der Waals surface area contributed by atoms with Gasteiger partial charge < -0.3 is 15.4 Å². The van der Waals surface area contributed by atoms with E-state index in [-0.39, 0.29) is 29.9 Å². The van der Waals surface area contributed by atoms with E-state index in [2.05, 4.69) is 20.9 Å². The summed E-state index contributed by atoms with van der Waals surface area (Å²) in [5.74, 6) is -0.567. The fourth-order valence-corrected chi connectivity index (χ4v) is 2.90. The zero-order valence-electron chi connectivity index (χ0n) is 14.1. The highest BCUT2D eigenvalue weighted by Crippen LogP contribution is 2.26. The molecule has 0 saturated carbocycles. The monoisotopic (exact) mass is 369 g/mol. The minimum absolute atomic E-state index is 0. The second-order valence-electron chi connectivity index (χ2n) is 5.75. The molecule has 9 heteroatoms. The van der Waals surface area contributed by atoms with Crippen LogP contribution in [0.4, 0.5) is 10.1 Å². The third-order valence-electron chi connectivity index (χ3n) is 4.21. The SMILES string of the molecule is COc1cc(F)ccc1NC(=O)c1nnn(C2CCNCC2)c1C.Cl. The number of halogens is 2. The molecule has 1 aromatic heterocycles. The van der Waals surface area contributed by atoms with Crippen LogP contribution in [0.1, 0.15) is 35.1 Å². The largest absolute Gasteiger partial charge is 0.494 e. The van der Waals surface area contributed by atoms with E-state index in [0.717, 1.165) is 31.6 Å². The van der Waals surface area contributed by atoms with Crippen molar-refractivity contribution in [2.24, 2.45) is 0 Å². The lowest BCUT2D eigenvalue weighted by Crippen LogP contribution is -2.30. The van der Waals surface area contributed by atoms with Crippen LogP contribution in [0.5, 0.6) is 5.75 Å². The molecule has 0 unspecified atom stereocenters. The van der Waals surface area contributed by atoms with Crippen molar-refractivity contribution in [3.05, 3.63) is 35.4 Å². The molecule has 136 valence electrons. The Hall–Kier alpha value is -2.19. The molecule has 0 aliphatic carbocycles. The van der Waals surface area contributed by atoms with E-state index in [9.17, 15) is 9.18 Å². The molecule has 2 N–H and O–H groups in total. The molecule has 0 atom stereocenters. The molecular formula is C16H21ClFN5O2. The lowest BCUT2D eigenvalue weighted by Gasteiger charge is -2.23. The van der Waals surface area contributed by atoms with Crippen molar-refractivity contribution in [3.63, 3.8) is 0 Å². The summed E-state index contributed by atoms with van der Waals surface area (Å²) in [6.07, 6.45) is 1.91. The molecule has 1 aliphatic rings. The summed E-state index contributed by atoms with van der Waals surface area (Å²) in [6, 6.07) is 4.18. The molecule has 2 aromatic rings. The van der Waals surface area contributed by atoms with Gasteiger partial charge in [0.1, 0.15) is 11.6 Å². The van der Waals surface area contributed by atoms with Gasteiger partial charge in [-0.15, -0.1) is 17.5 Å². The first-order chi connectivity index (χ1) is 11.6. The van der Waals surface area contributed by atoms with E-state index < -0.39 is 11.7 Å². The van der Waals surface area contributed by atoms with Gasteiger partial charge in [0.05, 0.1) is 24.5 Å². The number of nitrogens with zero attached hydrogens (tertiary/aromatic N) is 3. The molecule has 0 bridgehead atoms. The molecular weight excluding hydrogens is 349 g/mol. The van der Waals surface area contributed by atoms with Crippen LogP contribution in [-0.2, 0) is 0 Å². The van der Waals surface area contributed by atoms with Crippen molar-refractivity contribution in [1.82, 2.24) is 20.3 Å². The number of aromatic nitrogens is 3. The lowest BCUT2D eigenvalue weighted by atomic mass is 10.1. The van der Waals surface area contributed by atoms with Gasteiger partial charge in [-0.1, -0.05) is 5.21 Å². The summed E-state index contributed by atoms with van der Waals surface area (Å²) in [6.45, 7) is 3.69. The van der Waals surface area contributed by atoms with Gasteiger partial charge in [0, 0.05) is 6.07 Å². The first-order valence-corrected chi connectivity index (χ1v) is 7.87. The standard InChI is InChI=1S/C16H20FN5O2.ClH/c1-10-15(20-21-22(10)12-5-7-18-8-6-12)16(23)19-13-4-3-11(17)9-14(13)24-2;/h3-4,9,12,18H,5-8H2,1-2H3,(H,19,23);1H. The maximum Gasteiger partial charge on any atom is 0.278 e.